The molecule has 1 amide bonds. The number of β-amino-alcohol motifs (C(OH)–C–C–N with tert-alkyl or cyclic N) is 1. The minimum Gasteiger partial charge on any atom is -0.468 e. The molecule has 0 unspecified atom stereocenters. The Kier molecular flexibility index (Phi) is 2.09. The summed E-state index contributed by atoms with van der Waals surface area (Å²) in [6.07, 6.45) is -0.949. The first-order valence-electron chi connectivity index (χ1n) is 3.20. The van der Waals surface area contributed by atoms with Crippen LogP contribution in [0.3, 0.4) is 0 Å². The van der Waals surface area contributed by atoms with Gasteiger partial charge in [0.25, 0.3) is 0 Å². The fourth-order valence-corrected chi connectivity index (χ4v) is 0.999. The van der Waals surface area contributed by atoms with Crippen LogP contribution in [0.5, 0.6) is 0 Å². The fraction of sp³-hybridized carbons (Fsp3) is 0.667. The molecule has 2 atom stereocenters. The SMILES string of the molecule is COC(=O)[C@H]1C(=O)NC[C@@H]1O. The summed E-state index contributed by atoms with van der Waals surface area (Å²) in [4.78, 5) is 21.6. The Balaban J connectivity index is 2.68. The van der Waals surface area contributed by atoms with Gasteiger partial charge in [0.15, 0.2) is 5.92 Å². The second-order valence-electron chi connectivity index (χ2n) is 2.31. The first-order valence-corrected chi connectivity index (χ1v) is 3.20. The summed E-state index contributed by atoms with van der Waals surface area (Å²) in [5, 5.41) is 11.4. The van der Waals surface area contributed by atoms with Crippen LogP contribution in [0.1, 0.15) is 0 Å². The molecule has 0 aromatic rings. The number of methoxy groups -OCH3 is 1. The Hall–Kier alpha value is -1.10. The summed E-state index contributed by atoms with van der Waals surface area (Å²) < 4.78 is 4.32. The van der Waals surface area contributed by atoms with Gasteiger partial charge in [-0.05, 0) is 0 Å². The first kappa shape index (κ1) is 8.00. The van der Waals surface area contributed by atoms with Crippen molar-refractivity contribution in [1.29, 1.82) is 0 Å². The number of nitrogens with one attached hydrogen (secondary N) is 1. The first-order chi connectivity index (χ1) is 5.16. The van der Waals surface area contributed by atoms with Crippen molar-refractivity contribution in [1.82, 2.24) is 5.32 Å². The van der Waals surface area contributed by atoms with Crippen LogP contribution in [0.2, 0.25) is 0 Å². The van der Waals surface area contributed by atoms with Gasteiger partial charge in [-0.15, -0.1) is 0 Å². The van der Waals surface area contributed by atoms with Gasteiger partial charge in [0.2, 0.25) is 5.91 Å². The summed E-state index contributed by atoms with van der Waals surface area (Å²) in [6.45, 7) is 0.124. The van der Waals surface area contributed by atoms with Crippen LogP contribution in [-0.2, 0) is 14.3 Å². The van der Waals surface area contributed by atoms with Crippen molar-refractivity contribution in [2.45, 2.75) is 6.10 Å². The Morgan fingerprint density at radius 1 is 1.82 bits per heavy atom. The Labute approximate surface area is 63.3 Å². The van der Waals surface area contributed by atoms with E-state index in [1.54, 1.807) is 0 Å². The highest BCUT2D eigenvalue weighted by atomic mass is 16.5. The molecule has 0 radical (unpaired) electrons. The second kappa shape index (κ2) is 2.87. The number of ether oxygens (including phenoxy) is 1. The van der Waals surface area contributed by atoms with E-state index in [2.05, 4.69) is 10.1 Å². The van der Waals surface area contributed by atoms with Crippen molar-refractivity contribution in [3.8, 4) is 0 Å². The lowest BCUT2D eigenvalue weighted by Crippen LogP contribution is -2.31. The van der Waals surface area contributed by atoms with Gasteiger partial charge >= 0.3 is 5.97 Å². The highest BCUT2D eigenvalue weighted by Gasteiger charge is 2.39. The van der Waals surface area contributed by atoms with E-state index in [1.165, 1.54) is 7.11 Å². The molecule has 62 valence electrons. The molecule has 1 rings (SSSR count). The lowest BCUT2D eigenvalue weighted by atomic mass is 10.1. The number of carbonyl (C=O) groups excluding carboxylic acids is 2. The molecule has 11 heavy (non-hydrogen) atoms. The Bertz CT molecular complexity index is 191. The van der Waals surface area contributed by atoms with Crippen LogP contribution in [0.25, 0.3) is 0 Å². The van der Waals surface area contributed by atoms with Crippen molar-refractivity contribution in [3.63, 3.8) is 0 Å². The molecular formula is C6H9NO4. The van der Waals surface area contributed by atoms with Gasteiger partial charge in [-0.25, -0.2) is 0 Å². The van der Waals surface area contributed by atoms with E-state index >= 15 is 0 Å². The predicted molar refractivity (Wildman–Crippen MR) is 34.5 cm³/mol. The molecule has 1 aliphatic rings. The molecule has 1 heterocycles. The molecule has 1 aliphatic heterocycles. The van der Waals surface area contributed by atoms with E-state index in [1.807, 2.05) is 0 Å². The molecule has 0 aromatic heterocycles. The van der Waals surface area contributed by atoms with E-state index in [0.29, 0.717) is 0 Å². The average Bonchev–Trinajstić information content (AvgIpc) is 2.30. The number of aliphatic hydroxyl groups is 1. The third-order valence-corrected chi connectivity index (χ3v) is 1.61. The molecule has 2 N–H and O–H groups in total. The van der Waals surface area contributed by atoms with Crippen molar-refractivity contribution < 1.29 is 19.4 Å². The Morgan fingerprint density at radius 2 is 2.45 bits per heavy atom. The molecule has 0 spiro atoms. The summed E-state index contributed by atoms with van der Waals surface area (Å²) in [7, 11) is 1.18. The highest BCUT2D eigenvalue weighted by molar-refractivity contribution is 6.00. The number of hydrogen-bond donors (Lipinski definition) is 2. The molecule has 5 nitrogen and oxygen atoms in total. The normalized spacial score (nSPS) is 29.8. The van der Waals surface area contributed by atoms with Crippen molar-refractivity contribution in [3.05, 3.63) is 0 Å². The van der Waals surface area contributed by atoms with Gasteiger partial charge in [0.05, 0.1) is 13.2 Å². The van der Waals surface area contributed by atoms with E-state index in [9.17, 15) is 9.59 Å². The fourth-order valence-electron chi connectivity index (χ4n) is 0.999. The van der Waals surface area contributed by atoms with Crippen LogP contribution < -0.4 is 5.32 Å². The number of esters is 1. The van der Waals surface area contributed by atoms with Crippen LogP contribution in [0.4, 0.5) is 0 Å². The topological polar surface area (TPSA) is 75.6 Å². The number of hydrogen-bond acceptors (Lipinski definition) is 4. The monoisotopic (exact) mass is 159 g/mol. The average molecular weight is 159 g/mol. The van der Waals surface area contributed by atoms with Gasteiger partial charge in [0, 0.05) is 6.54 Å². The van der Waals surface area contributed by atoms with Crippen molar-refractivity contribution in [2.75, 3.05) is 13.7 Å². The van der Waals surface area contributed by atoms with Crippen LogP contribution >= 0.6 is 0 Å². The minimum absolute atomic E-state index is 0.124. The van der Waals surface area contributed by atoms with Gasteiger partial charge < -0.3 is 15.2 Å². The zero-order chi connectivity index (χ0) is 8.43. The third-order valence-electron chi connectivity index (χ3n) is 1.61. The van der Waals surface area contributed by atoms with Crippen LogP contribution in [0, 0.1) is 5.92 Å². The van der Waals surface area contributed by atoms with Gasteiger partial charge in [-0.1, -0.05) is 0 Å². The van der Waals surface area contributed by atoms with Gasteiger partial charge in [0.1, 0.15) is 0 Å². The molecule has 0 saturated carbocycles. The lowest BCUT2D eigenvalue weighted by molar-refractivity contribution is -0.151. The largest absolute Gasteiger partial charge is 0.468 e. The zero-order valence-electron chi connectivity index (χ0n) is 6.03. The molecule has 1 fully saturated rings. The maximum Gasteiger partial charge on any atom is 0.320 e. The lowest BCUT2D eigenvalue weighted by Gasteiger charge is -2.07. The highest BCUT2D eigenvalue weighted by Crippen LogP contribution is 2.11. The number of aliphatic hydroxyl groups excluding tert-OH is 1. The summed E-state index contributed by atoms with van der Waals surface area (Å²) in [5.74, 6) is -2.20. The smallest absolute Gasteiger partial charge is 0.320 e. The van der Waals surface area contributed by atoms with Gasteiger partial charge in [-0.3, -0.25) is 9.59 Å². The summed E-state index contributed by atoms with van der Waals surface area (Å²) >= 11 is 0. The van der Waals surface area contributed by atoms with Crippen molar-refractivity contribution in [2.24, 2.45) is 5.92 Å². The number of carbonyl (C=O) groups is 2. The summed E-state index contributed by atoms with van der Waals surface area (Å²) in [6, 6.07) is 0. The zero-order valence-corrected chi connectivity index (χ0v) is 6.03. The third kappa shape index (κ3) is 1.32. The van der Waals surface area contributed by atoms with E-state index in [-0.39, 0.29) is 6.54 Å². The van der Waals surface area contributed by atoms with E-state index < -0.39 is 23.9 Å². The second-order valence-corrected chi connectivity index (χ2v) is 2.31. The maximum absolute atomic E-state index is 10.8. The molecule has 0 aromatic carbocycles. The predicted octanol–water partition coefficient (Wildman–Crippen LogP) is -1.73. The summed E-state index contributed by atoms with van der Waals surface area (Å²) in [5.41, 5.74) is 0. The molecule has 5 heteroatoms. The minimum atomic E-state index is -1.04. The molecule has 1 saturated heterocycles. The van der Waals surface area contributed by atoms with E-state index in [4.69, 9.17) is 5.11 Å². The molecular weight excluding hydrogens is 150 g/mol. The standard InChI is InChI=1S/C6H9NO4/c1-11-6(10)4-3(8)2-7-5(4)9/h3-4,8H,2H2,1H3,(H,7,9)/t3-,4+/m0/s1. The van der Waals surface area contributed by atoms with E-state index in [0.717, 1.165) is 0 Å². The van der Waals surface area contributed by atoms with Crippen LogP contribution in [0.15, 0.2) is 0 Å². The van der Waals surface area contributed by atoms with Crippen LogP contribution in [-0.4, -0.2) is 36.7 Å². The van der Waals surface area contributed by atoms with Crippen molar-refractivity contribution >= 4 is 11.9 Å². The number of rotatable bonds is 1. The molecule has 0 aliphatic carbocycles. The van der Waals surface area contributed by atoms with Gasteiger partial charge in [-0.2, -0.15) is 0 Å². The quantitative estimate of drug-likeness (QED) is 0.352. The molecule has 0 bridgehead atoms. The Morgan fingerprint density at radius 3 is 2.82 bits per heavy atom. The number of amides is 1. The maximum atomic E-state index is 10.8.